The van der Waals surface area contributed by atoms with Crippen LogP contribution < -0.4 is 9.47 Å². The van der Waals surface area contributed by atoms with Gasteiger partial charge in [-0.3, -0.25) is 0 Å². The van der Waals surface area contributed by atoms with Crippen LogP contribution in [0.5, 0.6) is 17.2 Å². The van der Waals surface area contributed by atoms with Gasteiger partial charge in [-0.1, -0.05) is 0 Å². The normalized spacial score (nSPS) is 9.57. The zero-order valence-corrected chi connectivity index (χ0v) is 8.11. The average molecular weight is 196 g/mol. The zero-order chi connectivity index (χ0) is 10.6. The van der Waals surface area contributed by atoms with Crippen molar-refractivity contribution in [2.45, 2.75) is 6.42 Å². The fraction of sp³-hybridized carbons (Fsp3) is 0.300. The van der Waals surface area contributed by atoms with Gasteiger partial charge in [0.15, 0.2) is 11.5 Å². The summed E-state index contributed by atoms with van der Waals surface area (Å²) < 4.78 is 10.0. The van der Waals surface area contributed by atoms with Gasteiger partial charge in [0.1, 0.15) is 12.0 Å². The third-order valence-electron chi connectivity index (χ3n) is 1.89. The number of hydrogen-bond donors (Lipinski definition) is 1. The Morgan fingerprint density at radius 1 is 1.29 bits per heavy atom. The molecule has 0 unspecified atom stereocenters. The Bertz CT molecular complexity index is 333. The van der Waals surface area contributed by atoms with Crippen molar-refractivity contribution in [1.82, 2.24) is 0 Å². The second kappa shape index (κ2) is 4.50. The maximum atomic E-state index is 10.3. The molecule has 4 heteroatoms. The van der Waals surface area contributed by atoms with Crippen molar-refractivity contribution < 1.29 is 19.4 Å². The highest BCUT2D eigenvalue weighted by atomic mass is 16.5. The summed E-state index contributed by atoms with van der Waals surface area (Å²) in [6.45, 7) is 0. The maximum absolute atomic E-state index is 10.3. The van der Waals surface area contributed by atoms with Crippen LogP contribution in [0.2, 0.25) is 0 Å². The third kappa shape index (κ3) is 1.96. The summed E-state index contributed by atoms with van der Waals surface area (Å²) in [5.41, 5.74) is 0.526. The van der Waals surface area contributed by atoms with E-state index in [2.05, 4.69) is 0 Å². The molecule has 0 fully saturated rings. The first kappa shape index (κ1) is 10.4. The Hall–Kier alpha value is -1.71. The Kier molecular flexibility index (Phi) is 3.34. The van der Waals surface area contributed by atoms with Crippen molar-refractivity contribution in [3.63, 3.8) is 0 Å². The van der Waals surface area contributed by atoms with E-state index in [1.54, 1.807) is 6.07 Å². The van der Waals surface area contributed by atoms with E-state index in [-0.39, 0.29) is 12.2 Å². The van der Waals surface area contributed by atoms with Crippen molar-refractivity contribution in [2.24, 2.45) is 0 Å². The van der Waals surface area contributed by atoms with Crippen molar-refractivity contribution in [3.8, 4) is 17.2 Å². The standard InChI is InChI=1S/C10H12O4/c1-13-9-5-7(3-4-11)8(12)6-10(9)14-2/h4-6,12H,3H2,1-2H3. The molecule has 0 saturated heterocycles. The van der Waals surface area contributed by atoms with E-state index >= 15 is 0 Å². The van der Waals surface area contributed by atoms with E-state index in [4.69, 9.17) is 9.47 Å². The largest absolute Gasteiger partial charge is 0.508 e. The maximum Gasteiger partial charge on any atom is 0.164 e. The molecule has 0 saturated carbocycles. The molecule has 1 rings (SSSR count). The van der Waals surface area contributed by atoms with Crippen molar-refractivity contribution in [1.29, 1.82) is 0 Å². The van der Waals surface area contributed by atoms with Gasteiger partial charge < -0.3 is 19.4 Å². The van der Waals surface area contributed by atoms with Gasteiger partial charge in [-0.05, 0) is 6.07 Å². The molecule has 0 atom stereocenters. The summed E-state index contributed by atoms with van der Waals surface area (Å²) in [6, 6.07) is 3.01. The summed E-state index contributed by atoms with van der Waals surface area (Å²) >= 11 is 0. The van der Waals surface area contributed by atoms with Crippen LogP contribution in [0.25, 0.3) is 0 Å². The van der Waals surface area contributed by atoms with E-state index in [1.807, 2.05) is 0 Å². The van der Waals surface area contributed by atoms with Crippen molar-refractivity contribution in [3.05, 3.63) is 17.7 Å². The minimum atomic E-state index is 0.0368. The van der Waals surface area contributed by atoms with Gasteiger partial charge in [0, 0.05) is 18.1 Å². The molecule has 0 heterocycles. The molecular formula is C10H12O4. The van der Waals surface area contributed by atoms with Gasteiger partial charge in [-0.25, -0.2) is 0 Å². The highest BCUT2D eigenvalue weighted by molar-refractivity contribution is 5.60. The number of carbonyl (C=O) groups excluding carboxylic acids is 1. The fourth-order valence-electron chi connectivity index (χ4n) is 1.16. The number of ether oxygens (including phenoxy) is 2. The summed E-state index contributed by atoms with van der Waals surface area (Å²) in [4.78, 5) is 10.3. The molecule has 0 aliphatic rings. The number of carbonyl (C=O) groups is 1. The Balaban J connectivity index is 3.15. The number of benzene rings is 1. The fourth-order valence-corrected chi connectivity index (χ4v) is 1.16. The first-order valence-electron chi connectivity index (χ1n) is 4.10. The molecule has 0 aromatic heterocycles. The summed E-state index contributed by atoms with van der Waals surface area (Å²) in [7, 11) is 2.98. The highest BCUT2D eigenvalue weighted by Gasteiger charge is 2.09. The zero-order valence-electron chi connectivity index (χ0n) is 8.11. The highest BCUT2D eigenvalue weighted by Crippen LogP contribution is 2.33. The van der Waals surface area contributed by atoms with E-state index < -0.39 is 0 Å². The van der Waals surface area contributed by atoms with E-state index in [9.17, 15) is 9.90 Å². The molecule has 0 aliphatic carbocycles. The van der Waals surface area contributed by atoms with Gasteiger partial charge in [0.05, 0.1) is 14.2 Å². The van der Waals surface area contributed by atoms with Gasteiger partial charge in [0.25, 0.3) is 0 Å². The number of methoxy groups -OCH3 is 2. The molecule has 1 N–H and O–H groups in total. The van der Waals surface area contributed by atoms with E-state index in [0.717, 1.165) is 6.29 Å². The van der Waals surface area contributed by atoms with Gasteiger partial charge in [0.2, 0.25) is 0 Å². The van der Waals surface area contributed by atoms with Crippen LogP contribution in [-0.4, -0.2) is 25.6 Å². The van der Waals surface area contributed by atoms with E-state index in [1.165, 1.54) is 20.3 Å². The lowest BCUT2D eigenvalue weighted by Gasteiger charge is -2.09. The quantitative estimate of drug-likeness (QED) is 0.734. The lowest BCUT2D eigenvalue weighted by molar-refractivity contribution is -0.107. The number of aromatic hydroxyl groups is 1. The minimum Gasteiger partial charge on any atom is -0.508 e. The Morgan fingerprint density at radius 2 is 1.86 bits per heavy atom. The lowest BCUT2D eigenvalue weighted by Crippen LogP contribution is -1.94. The summed E-state index contributed by atoms with van der Waals surface area (Å²) in [5.74, 6) is 0.983. The monoisotopic (exact) mass is 196 g/mol. The lowest BCUT2D eigenvalue weighted by atomic mass is 10.1. The number of rotatable bonds is 4. The molecule has 0 radical (unpaired) electrons. The predicted octanol–water partition coefficient (Wildman–Crippen LogP) is 1.15. The predicted molar refractivity (Wildman–Crippen MR) is 51.0 cm³/mol. The molecule has 76 valence electrons. The van der Waals surface area contributed by atoms with Crippen LogP contribution in [-0.2, 0) is 11.2 Å². The van der Waals surface area contributed by atoms with Crippen LogP contribution in [0.1, 0.15) is 5.56 Å². The van der Waals surface area contributed by atoms with Gasteiger partial charge >= 0.3 is 0 Å². The Labute approximate surface area is 82.1 Å². The minimum absolute atomic E-state index is 0.0368. The molecule has 4 nitrogen and oxygen atoms in total. The summed E-state index contributed by atoms with van der Waals surface area (Å²) in [5, 5.41) is 9.48. The topological polar surface area (TPSA) is 55.8 Å². The van der Waals surface area contributed by atoms with E-state index in [0.29, 0.717) is 17.1 Å². The number of phenolic OH excluding ortho intramolecular Hbond substituents is 1. The number of hydrogen-bond acceptors (Lipinski definition) is 4. The smallest absolute Gasteiger partial charge is 0.164 e. The molecule has 0 spiro atoms. The first-order chi connectivity index (χ1) is 6.72. The van der Waals surface area contributed by atoms with Crippen LogP contribution in [0, 0.1) is 0 Å². The molecule has 1 aromatic rings. The van der Waals surface area contributed by atoms with Crippen LogP contribution >= 0.6 is 0 Å². The first-order valence-corrected chi connectivity index (χ1v) is 4.10. The SMILES string of the molecule is COc1cc(O)c(CC=O)cc1OC. The third-order valence-corrected chi connectivity index (χ3v) is 1.89. The second-order valence-corrected chi connectivity index (χ2v) is 2.71. The number of aldehydes is 1. The molecular weight excluding hydrogens is 184 g/mol. The average Bonchev–Trinajstić information content (AvgIpc) is 2.20. The molecule has 0 bridgehead atoms. The van der Waals surface area contributed by atoms with Gasteiger partial charge in [-0.2, -0.15) is 0 Å². The molecule has 0 aliphatic heterocycles. The Morgan fingerprint density at radius 3 is 2.36 bits per heavy atom. The van der Waals surface area contributed by atoms with Crippen LogP contribution in [0.15, 0.2) is 12.1 Å². The van der Waals surface area contributed by atoms with Gasteiger partial charge in [-0.15, -0.1) is 0 Å². The summed E-state index contributed by atoms with van der Waals surface area (Å²) in [6.07, 6.45) is 0.882. The second-order valence-electron chi connectivity index (χ2n) is 2.71. The molecule has 0 amide bonds. The van der Waals surface area contributed by atoms with Crippen LogP contribution in [0.3, 0.4) is 0 Å². The molecule has 14 heavy (non-hydrogen) atoms. The molecule has 1 aromatic carbocycles. The van der Waals surface area contributed by atoms with Crippen LogP contribution in [0.4, 0.5) is 0 Å². The van der Waals surface area contributed by atoms with Crippen molar-refractivity contribution >= 4 is 6.29 Å². The number of phenols is 1. The van der Waals surface area contributed by atoms with Crippen molar-refractivity contribution in [2.75, 3.05) is 14.2 Å².